The molecule has 2 aromatic carbocycles. The van der Waals surface area contributed by atoms with E-state index in [4.69, 9.17) is 4.98 Å². The van der Waals surface area contributed by atoms with Gasteiger partial charge in [0.05, 0.1) is 22.6 Å². The summed E-state index contributed by atoms with van der Waals surface area (Å²) in [6.07, 6.45) is 6.37. The van der Waals surface area contributed by atoms with Crippen molar-refractivity contribution in [2.75, 3.05) is 6.54 Å². The zero-order valence-corrected chi connectivity index (χ0v) is 20.3. The van der Waals surface area contributed by atoms with E-state index < -0.39 is 6.04 Å². The Morgan fingerprint density at radius 2 is 1.76 bits per heavy atom. The molecule has 1 amide bonds. The number of benzene rings is 2. The monoisotopic (exact) mass is 463 g/mol. The number of aromatic nitrogens is 2. The fourth-order valence-corrected chi connectivity index (χ4v) is 5.05. The van der Waals surface area contributed by atoms with Crippen LogP contribution in [0.15, 0.2) is 53.3 Å². The molecule has 0 N–H and O–H groups in total. The first-order chi connectivity index (χ1) is 16.3. The molecular formula is C28H34FN3O2. The van der Waals surface area contributed by atoms with Gasteiger partial charge in [-0.2, -0.15) is 0 Å². The van der Waals surface area contributed by atoms with E-state index in [1.54, 1.807) is 24.3 Å². The lowest BCUT2D eigenvalue weighted by Crippen LogP contribution is -2.39. The van der Waals surface area contributed by atoms with Gasteiger partial charge < -0.3 is 4.90 Å². The number of halogens is 1. The van der Waals surface area contributed by atoms with Crippen LogP contribution in [0.5, 0.6) is 0 Å². The van der Waals surface area contributed by atoms with Gasteiger partial charge in [-0.05, 0) is 61.6 Å². The number of fused-ring (bicyclic) bond motifs is 1. The van der Waals surface area contributed by atoms with Crippen molar-refractivity contribution >= 4 is 16.8 Å². The molecule has 6 heteroatoms. The van der Waals surface area contributed by atoms with Crippen LogP contribution in [-0.4, -0.2) is 26.9 Å². The largest absolute Gasteiger partial charge is 0.333 e. The molecule has 1 saturated carbocycles. The number of nitrogens with zero attached hydrogens (tertiary/aromatic N) is 3. The maximum Gasteiger partial charge on any atom is 0.266 e. The van der Waals surface area contributed by atoms with Gasteiger partial charge in [0, 0.05) is 13.0 Å². The molecule has 0 saturated heterocycles. The number of para-hydroxylation sites is 1. The van der Waals surface area contributed by atoms with E-state index in [-0.39, 0.29) is 23.2 Å². The van der Waals surface area contributed by atoms with E-state index in [1.165, 1.54) is 42.4 Å². The molecule has 0 aliphatic heterocycles. The maximum absolute atomic E-state index is 13.6. The van der Waals surface area contributed by atoms with Gasteiger partial charge >= 0.3 is 0 Å². The van der Waals surface area contributed by atoms with Crippen molar-refractivity contribution in [2.45, 2.75) is 65.3 Å². The molecule has 1 heterocycles. The highest BCUT2D eigenvalue weighted by Gasteiger charge is 2.28. The molecule has 3 aromatic rings. The van der Waals surface area contributed by atoms with Gasteiger partial charge in [0.2, 0.25) is 5.91 Å². The summed E-state index contributed by atoms with van der Waals surface area (Å²) in [6.45, 7) is 6.69. The Kier molecular flexibility index (Phi) is 7.44. The predicted octanol–water partition coefficient (Wildman–Crippen LogP) is 6.04. The Balaban J connectivity index is 1.76. The summed E-state index contributed by atoms with van der Waals surface area (Å²) in [7, 11) is 0. The standard InChI is InChI=1S/C28H34FN3O2/c1-19(2)18-31(26(33)17-12-21-8-4-5-9-21)20(3)27-30-25-11-7-6-10-24(25)28(34)32(27)23-15-13-22(29)14-16-23/h6-7,10-11,13-16,19-21H,4-5,8-9,12,17-18H2,1-3H3. The number of amides is 1. The first-order valence-electron chi connectivity index (χ1n) is 12.4. The molecule has 1 aliphatic rings. The maximum atomic E-state index is 13.6. The van der Waals surface area contributed by atoms with Gasteiger partial charge in [0.1, 0.15) is 11.6 Å². The summed E-state index contributed by atoms with van der Waals surface area (Å²) in [5, 5.41) is 0.491. The fourth-order valence-electron chi connectivity index (χ4n) is 5.05. The van der Waals surface area contributed by atoms with Crippen molar-refractivity contribution in [2.24, 2.45) is 11.8 Å². The normalized spacial score (nSPS) is 15.2. The van der Waals surface area contributed by atoms with E-state index in [9.17, 15) is 14.0 Å². The summed E-state index contributed by atoms with van der Waals surface area (Å²) in [6, 6.07) is 12.6. The minimum atomic E-state index is -0.416. The summed E-state index contributed by atoms with van der Waals surface area (Å²) >= 11 is 0. The molecule has 5 nitrogen and oxygen atoms in total. The quantitative estimate of drug-likeness (QED) is 0.409. The van der Waals surface area contributed by atoms with Crippen molar-refractivity contribution < 1.29 is 9.18 Å². The zero-order valence-electron chi connectivity index (χ0n) is 20.3. The molecule has 180 valence electrons. The minimum Gasteiger partial charge on any atom is -0.333 e. The minimum absolute atomic E-state index is 0.0983. The average Bonchev–Trinajstić information content (AvgIpc) is 3.35. The number of carbonyl (C=O) groups excluding carboxylic acids is 1. The third kappa shape index (κ3) is 5.21. The second-order valence-corrected chi connectivity index (χ2v) is 9.91. The molecule has 0 bridgehead atoms. The highest BCUT2D eigenvalue weighted by atomic mass is 19.1. The molecule has 1 aromatic heterocycles. The Bertz CT molecular complexity index is 1200. The third-order valence-corrected chi connectivity index (χ3v) is 6.85. The van der Waals surface area contributed by atoms with Gasteiger partial charge in [0.15, 0.2) is 0 Å². The summed E-state index contributed by atoms with van der Waals surface area (Å²) in [4.78, 5) is 33.8. The summed E-state index contributed by atoms with van der Waals surface area (Å²) < 4.78 is 15.2. The van der Waals surface area contributed by atoms with Crippen LogP contribution in [0.2, 0.25) is 0 Å². The van der Waals surface area contributed by atoms with Crippen LogP contribution in [0, 0.1) is 17.7 Å². The summed E-state index contributed by atoms with van der Waals surface area (Å²) in [5.41, 5.74) is 0.909. The second-order valence-electron chi connectivity index (χ2n) is 9.91. The lowest BCUT2D eigenvalue weighted by atomic mass is 10.0. The van der Waals surface area contributed by atoms with Crippen molar-refractivity contribution in [1.82, 2.24) is 14.5 Å². The molecule has 1 aliphatic carbocycles. The second kappa shape index (κ2) is 10.5. The van der Waals surface area contributed by atoms with E-state index in [1.807, 2.05) is 24.0 Å². The lowest BCUT2D eigenvalue weighted by molar-refractivity contribution is -0.134. The molecule has 1 fully saturated rings. The van der Waals surface area contributed by atoms with Crippen molar-refractivity contribution in [1.29, 1.82) is 0 Å². The van der Waals surface area contributed by atoms with Crippen LogP contribution in [0.4, 0.5) is 4.39 Å². The Hall–Kier alpha value is -3.02. The molecule has 0 radical (unpaired) electrons. The third-order valence-electron chi connectivity index (χ3n) is 6.85. The van der Waals surface area contributed by atoms with Crippen LogP contribution in [0.25, 0.3) is 16.6 Å². The highest BCUT2D eigenvalue weighted by Crippen LogP contribution is 2.30. The molecular weight excluding hydrogens is 429 g/mol. The van der Waals surface area contributed by atoms with Crippen molar-refractivity contribution in [3.05, 3.63) is 70.5 Å². The lowest BCUT2D eigenvalue weighted by Gasteiger charge is -2.32. The Morgan fingerprint density at radius 3 is 2.44 bits per heavy atom. The first kappa shape index (κ1) is 24.1. The van der Waals surface area contributed by atoms with Crippen LogP contribution < -0.4 is 5.56 Å². The van der Waals surface area contributed by atoms with E-state index in [0.717, 1.165) is 6.42 Å². The Labute approximate surface area is 200 Å². The van der Waals surface area contributed by atoms with Gasteiger partial charge in [-0.25, -0.2) is 9.37 Å². The van der Waals surface area contributed by atoms with Crippen LogP contribution in [0.3, 0.4) is 0 Å². The number of hydrogen-bond donors (Lipinski definition) is 0. The van der Waals surface area contributed by atoms with Gasteiger partial charge in [-0.3, -0.25) is 14.2 Å². The molecule has 0 spiro atoms. The Morgan fingerprint density at radius 1 is 1.09 bits per heavy atom. The van der Waals surface area contributed by atoms with E-state index >= 15 is 0 Å². The molecule has 4 rings (SSSR count). The zero-order chi connectivity index (χ0) is 24.2. The van der Waals surface area contributed by atoms with Crippen molar-refractivity contribution in [3.63, 3.8) is 0 Å². The number of rotatable bonds is 8. The molecule has 1 atom stereocenters. The fraction of sp³-hybridized carbons (Fsp3) is 0.464. The predicted molar refractivity (Wildman–Crippen MR) is 133 cm³/mol. The van der Waals surface area contributed by atoms with Crippen LogP contribution in [-0.2, 0) is 4.79 Å². The molecule has 34 heavy (non-hydrogen) atoms. The summed E-state index contributed by atoms with van der Waals surface area (Å²) in [5.74, 6) is 1.12. The van der Waals surface area contributed by atoms with Crippen LogP contribution >= 0.6 is 0 Å². The SMILES string of the molecule is CC(C)CN(C(=O)CCC1CCCC1)C(C)c1nc2ccccc2c(=O)n1-c1ccc(F)cc1. The smallest absolute Gasteiger partial charge is 0.266 e. The van der Waals surface area contributed by atoms with Gasteiger partial charge in [-0.1, -0.05) is 51.7 Å². The van der Waals surface area contributed by atoms with E-state index in [0.29, 0.717) is 41.3 Å². The topological polar surface area (TPSA) is 55.2 Å². The average molecular weight is 464 g/mol. The van der Waals surface area contributed by atoms with Crippen molar-refractivity contribution in [3.8, 4) is 5.69 Å². The molecule has 1 unspecified atom stereocenters. The highest BCUT2D eigenvalue weighted by molar-refractivity contribution is 5.79. The van der Waals surface area contributed by atoms with Crippen LogP contribution in [0.1, 0.15) is 71.2 Å². The van der Waals surface area contributed by atoms with Gasteiger partial charge in [0.25, 0.3) is 5.56 Å². The number of hydrogen-bond acceptors (Lipinski definition) is 3. The van der Waals surface area contributed by atoms with E-state index in [2.05, 4.69) is 13.8 Å². The first-order valence-corrected chi connectivity index (χ1v) is 12.4. The number of carbonyl (C=O) groups is 1. The van der Waals surface area contributed by atoms with Gasteiger partial charge in [-0.15, -0.1) is 0 Å².